The highest BCUT2D eigenvalue weighted by atomic mass is 16.4. The van der Waals surface area contributed by atoms with Crippen molar-refractivity contribution in [3.63, 3.8) is 0 Å². The van der Waals surface area contributed by atoms with Gasteiger partial charge in [0.1, 0.15) is 5.41 Å². The number of rotatable bonds is 7. The molecule has 0 aliphatic heterocycles. The van der Waals surface area contributed by atoms with E-state index in [2.05, 4.69) is 17.4 Å². The number of hydrogen-bond donors (Lipinski definition) is 3. The first-order chi connectivity index (χ1) is 8.47. The fourth-order valence-electron chi connectivity index (χ4n) is 2.00. The maximum absolute atomic E-state index is 12.3. The summed E-state index contributed by atoms with van der Waals surface area (Å²) in [5.74, 6) is 0.601. The maximum atomic E-state index is 12.3. The molecule has 0 spiro atoms. The molecule has 2 atom stereocenters. The molecule has 18 heavy (non-hydrogen) atoms. The third-order valence-electron chi connectivity index (χ3n) is 4.02. The predicted octanol–water partition coefficient (Wildman–Crippen LogP) is 1.84. The third-order valence-corrected chi connectivity index (χ3v) is 4.02. The van der Waals surface area contributed by atoms with E-state index in [1.54, 1.807) is 6.92 Å². The number of hydrogen-bond acceptors (Lipinski definition) is 3. The largest absolute Gasteiger partial charge is 0.409 e. The van der Waals surface area contributed by atoms with Crippen molar-refractivity contribution >= 4 is 11.7 Å². The van der Waals surface area contributed by atoms with E-state index in [-0.39, 0.29) is 17.8 Å². The van der Waals surface area contributed by atoms with E-state index in [0.717, 1.165) is 18.8 Å². The molecular formula is C13H25N3O2. The number of nitrogens with zero attached hydrogens (tertiary/aromatic N) is 1. The van der Waals surface area contributed by atoms with Crippen molar-refractivity contribution in [3.8, 4) is 0 Å². The lowest BCUT2D eigenvalue weighted by molar-refractivity contribution is -0.128. The molecule has 104 valence electrons. The molecule has 0 heterocycles. The van der Waals surface area contributed by atoms with Crippen LogP contribution < -0.4 is 11.1 Å². The van der Waals surface area contributed by atoms with Gasteiger partial charge in [0.2, 0.25) is 5.91 Å². The average Bonchev–Trinajstić information content (AvgIpc) is 3.19. The summed E-state index contributed by atoms with van der Waals surface area (Å²) in [6, 6.07) is 0.197. The normalized spacial score (nSPS) is 21.2. The van der Waals surface area contributed by atoms with Crippen LogP contribution in [0.4, 0.5) is 0 Å². The van der Waals surface area contributed by atoms with Gasteiger partial charge in [0.15, 0.2) is 5.84 Å². The van der Waals surface area contributed by atoms with Crippen LogP contribution in [-0.4, -0.2) is 23.0 Å². The van der Waals surface area contributed by atoms with Crippen molar-refractivity contribution in [1.82, 2.24) is 5.32 Å². The van der Waals surface area contributed by atoms with Gasteiger partial charge in [-0.2, -0.15) is 0 Å². The number of amidine groups is 1. The Hall–Kier alpha value is -1.26. The number of oxime groups is 1. The lowest BCUT2D eigenvalue weighted by atomic mass is 9.84. The molecule has 0 radical (unpaired) electrons. The SMILES string of the molecule is CCC(CC1CC1)NC(=O)C(C)(CC)C(N)=NO. The van der Waals surface area contributed by atoms with Crippen molar-refractivity contribution < 1.29 is 10.0 Å². The fraction of sp³-hybridized carbons (Fsp3) is 0.846. The van der Waals surface area contributed by atoms with Gasteiger partial charge in [-0.1, -0.05) is 31.8 Å². The molecule has 5 nitrogen and oxygen atoms in total. The Balaban J connectivity index is 2.65. The van der Waals surface area contributed by atoms with Gasteiger partial charge in [-0.25, -0.2) is 0 Å². The number of amides is 1. The van der Waals surface area contributed by atoms with Gasteiger partial charge in [-0.15, -0.1) is 0 Å². The molecule has 1 rings (SSSR count). The first kappa shape index (κ1) is 14.8. The predicted molar refractivity (Wildman–Crippen MR) is 71.4 cm³/mol. The Morgan fingerprint density at radius 3 is 2.56 bits per heavy atom. The van der Waals surface area contributed by atoms with E-state index in [9.17, 15) is 4.79 Å². The molecule has 4 N–H and O–H groups in total. The van der Waals surface area contributed by atoms with Crippen molar-refractivity contribution in [2.45, 2.75) is 58.9 Å². The molecule has 0 aromatic carbocycles. The van der Waals surface area contributed by atoms with Crippen LogP contribution in [0, 0.1) is 11.3 Å². The quantitative estimate of drug-likeness (QED) is 0.281. The Labute approximate surface area is 109 Å². The monoisotopic (exact) mass is 255 g/mol. The molecule has 1 saturated carbocycles. The Morgan fingerprint density at radius 1 is 1.56 bits per heavy atom. The Bertz CT molecular complexity index is 326. The van der Waals surface area contributed by atoms with E-state index < -0.39 is 5.41 Å². The first-order valence-electron chi connectivity index (χ1n) is 6.76. The van der Waals surface area contributed by atoms with E-state index in [0.29, 0.717) is 6.42 Å². The van der Waals surface area contributed by atoms with Crippen LogP contribution in [0.25, 0.3) is 0 Å². The van der Waals surface area contributed by atoms with Gasteiger partial charge in [-0.05, 0) is 32.1 Å². The highest BCUT2D eigenvalue weighted by Gasteiger charge is 2.37. The van der Waals surface area contributed by atoms with Gasteiger partial charge >= 0.3 is 0 Å². The number of carbonyl (C=O) groups is 1. The number of nitrogens with one attached hydrogen (secondary N) is 1. The number of nitrogens with two attached hydrogens (primary N) is 1. The van der Waals surface area contributed by atoms with Crippen LogP contribution in [-0.2, 0) is 4.79 Å². The van der Waals surface area contributed by atoms with Gasteiger partial charge in [0.05, 0.1) is 0 Å². The summed E-state index contributed by atoms with van der Waals surface area (Å²) in [6.07, 6.45) is 5.01. The third kappa shape index (κ3) is 3.37. The molecule has 0 aromatic heterocycles. The smallest absolute Gasteiger partial charge is 0.233 e. The van der Waals surface area contributed by atoms with Gasteiger partial charge in [0.25, 0.3) is 0 Å². The zero-order valence-electron chi connectivity index (χ0n) is 11.6. The van der Waals surface area contributed by atoms with Gasteiger partial charge < -0.3 is 16.3 Å². The van der Waals surface area contributed by atoms with Crippen LogP contribution in [0.1, 0.15) is 52.9 Å². The van der Waals surface area contributed by atoms with Crippen LogP contribution in [0.2, 0.25) is 0 Å². The Morgan fingerprint density at radius 2 is 2.17 bits per heavy atom. The molecule has 0 bridgehead atoms. The van der Waals surface area contributed by atoms with Crippen molar-refractivity contribution in [2.24, 2.45) is 22.2 Å². The van der Waals surface area contributed by atoms with Crippen LogP contribution in [0.3, 0.4) is 0 Å². The van der Waals surface area contributed by atoms with Crippen LogP contribution in [0.5, 0.6) is 0 Å². The fourth-order valence-corrected chi connectivity index (χ4v) is 2.00. The molecule has 5 heteroatoms. The summed E-state index contributed by atoms with van der Waals surface area (Å²) in [4.78, 5) is 12.3. The minimum atomic E-state index is -0.925. The van der Waals surface area contributed by atoms with Gasteiger partial charge in [-0.3, -0.25) is 4.79 Å². The first-order valence-corrected chi connectivity index (χ1v) is 6.76. The number of carbonyl (C=O) groups excluding carboxylic acids is 1. The highest BCUT2D eigenvalue weighted by molar-refractivity contribution is 6.06. The summed E-state index contributed by atoms with van der Waals surface area (Å²) in [5, 5.41) is 14.8. The summed E-state index contributed by atoms with van der Waals surface area (Å²) in [7, 11) is 0. The minimum Gasteiger partial charge on any atom is -0.409 e. The van der Waals surface area contributed by atoms with Crippen molar-refractivity contribution in [1.29, 1.82) is 0 Å². The second-order valence-electron chi connectivity index (χ2n) is 5.43. The molecule has 1 amide bonds. The lowest BCUT2D eigenvalue weighted by Crippen LogP contribution is -2.50. The van der Waals surface area contributed by atoms with Crippen molar-refractivity contribution in [3.05, 3.63) is 0 Å². The van der Waals surface area contributed by atoms with Crippen LogP contribution >= 0.6 is 0 Å². The second-order valence-corrected chi connectivity index (χ2v) is 5.43. The maximum Gasteiger partial charge on any atom is 0.233 e. The lowest BCUT2D eigenvalue weighted by Gasteiger charge is -2.28. The van der Waals surface area contributed by atoms with E-state index >= 15 is 0 Å². The molecule has 0 aromatic rings. The average molecular weight is 255 g/mol. The summed E-state index contributed by atoms with van der Waals surface area (Å²) in [6.45, 7) is 5.64. The molecule has 1 fully saturated rings. The topological polar surface area (TPSA) is 87.7 Å². The summed E-state index contributed by atoms with van der Waals surface area (Å²) < 4.78 is 0. The zero-order chi connectivity index (χ0) is 13.8. The molecular weight excluding hydrogens is 230 g/mol. The standard InChI is InChI=1S/C13H25N3O2/c1-4-10(8-9-6-7-9)15-12(17)13(3,5-2)11(14)16-18/h9-10,18H,4-8H2,1-3H3,(H2,14,16)(H,15,17). The molecule has 0 saturated heterocycles. The van der Waals surface area contributed by atoms with Crippen molar-refractivity contribution in [2.75, 3.05) is 0 Å². The second kappa shape index (κ2) is 6.07. The zero-order valence-corrected chi connectivity index (χ0v) is 11.6. The molecule has 1 aliphatic rings. The molecule has 1 aliphatic carbocycles. The van der Waals surface area contributed by atoms with E-state index in [1.807, 2.05) is 6.92 Å². The van der Waals surface area contributed by atoms with E-state index in [1.165, 1.54) is 12.8 Å². The summed E-state index contributed by atoms with van der Waals surface area (Å²) >= 11 is 0. The minimum absolute atomic E-state index is 0.0243. The Kier molecular flexibility index (Phi) is 4.99. The van der Waals surface area contributed by atoms with Crippen LogP contribution in [0.15, 0.2) is 5.16 Å². The molecule has 2 unspecified atom stereocenters. The summed E-state index contributed by atoms with van der Waals surface area (Å²) in [5.41, 5.74) is 4.71. The highest BCUT2D eigenvalue weighted by Crippen LogP contribution is 2.34. The van der Waals surface area contributed by atoms with E-state index in [4.69, 9.17) is 10.9 Å². The van der Waals surface area contributed by atoms with Gasteiger partial charge in [0, 0.05) is 6.04 Å².